The first-order valence-corrected chi connectivity index (χ1v) is 7.56. The van der Waals surface area contributed by atoms with Gasteiger partial charge in [0.05, 0.1) is 6.04 Å². The molecule has 1 aliphatic rings. The van der Waals surface area contributed by atoms with Crippen molar-refractivity contribution in [1.82, 2.24) is 10.2 Å². The monoisotopic (exact) mass is 269 g/mol. The number of hydrogen-bond donors (Lipinski definition) is 2. The lowest BCUT2D eigenvalue weighted by atomic mass is 9.87. The predicted molar refractivity (Wildman–Crippen MR) is 79.9 cm³/mol. The average molecular weight is 269 g/mol. The Morgan fingerprint density at radius 2 is 1.95 bits per heavy atom. The van der Waals surface area contributed by atoms with Crippen molar-refractivity contribution < 1.29 is 4.79 Å². The highest BCUT2D eigenvalue weighted by Crippen LogP contribution is 2.17. The molecule has 19 heavy (non-hydrogen) atoms. The molecule has 1 heterocycles. The fourth-order valence-electron chi connectivity index (χ4n) is 2.30. The summed E-state index contributed by atoms with van der Waals surface area (Å²) in [4.78, 5) is 14.3. The molecule has 1 atom stereocenters. The summed E-state index contributed by atoms with van der Waals surface area (Å²) in [7, 11) is 0. The molecule has 0 aromatic carbocycles. The van der Waals surface area contributed by atoms with Gasteiger partial charge in [-0.05, 0) is 50.2 Å². The summed E-state index contributed by atoms with van der Waals surface area (Å²) in [5.74, 6) is 0.848. The van der Waals surface area contributed by atoms with E-state index >= 15 is 0 Å². The van der Waals surface area contributed by atoms with E-state index in [9.17, 15) is 4.79 Å². The van der Waals surface area contributed by atoms with Crippen LogP contribution in [0.2, 0.25) is 0 Å². The van der Waals surface area contributed by atoms with E-state index in [1.54, 1.807) is 0 Å². The van der Waals surface area contributed by atoms with Crippen LogP contribution < -0.4 is 11.1 Å². The van der Waals surface area contributed by atoms with Gasteiger partial charge in [-0.2, -0.15) is 0 Å². The second kappa shape index (κ2) is 7.25. The van der Waals surface area contributed by atoms with Crippen molar-refractivity contribution >= 4 is 5.91 Å². The molecule has 1 fully saturated rings. The van der Waals surface area contributed by atoms with Crippen molar-refractivity contribution in [2.45, 2.75) is 53.0 Å². The molecule has 0 aliphatic carbocycles. The van der Waals surface area contributed by atoms with Gasteiger partial charge < -0.3 is 16.0 Å². The third-order valence-electron chi connectivity index (χ3n) is 4.04. The maximum Gasteiger partial charge on any atom is 0.237 e. The second-order valence-electron chi connectivity index (χ2n) is 7.01. The lowest BCUT2D eigenvalue weighted by Crippen LogP contribution is -2.49. The van der Waals surface area contributed by atoms with Gasteiger partial charge in [0.1, 0.15) is 0 Å². The summed E-state index contributed by atoms with van der Waals surface area (Å²) in [6, 6.07) is -0.427. The van der Waals surface area contributed by atoms with Crippen LogP contribution in [0.5, 0.6) is 0 Å². The summed E-state index contributed by atoms with van der Waals surface area (Å²) >= 11 is 0. The van der Waals surface area contributed by atoms with Crippen LogP contribution in [0, 0.1) is 11.3 Å². The molecule has 0 aromatic rings. The Hall–Kier alpha value is -0.610. The third-order valence-corrected chi connectivity index (χ3v) is 4.04. The number of rotatable bonds is 5. The zero-order chi connectivity index (χ0) is 14.5. The molecule has 4 heteroatoms. The molecular weight excluding hydrogens is 238 g/mol. The smallest absolute Gasteiger partial charge is 0.237 e. The summed E-state index contributed by atoms with van der Waals surface area (Å²) in [5, 5.41) is 2.95. The lowest BCUT2D eigenvalue weighted by molar-refractivity contribution is -0.124. The SMILES string of the molecule is CC1CCN(CCCNC(=O)[C@@H](N)C(C)(C)C)CC1. The van der Waals surface area contributed by atoms with Crippen LogP contribution in [0.4, 0.5) is 0 Å². The molecule has 1 rings (SSSR count). The minimum absolute atomic E-state index is 0.0280. The van der Waals surface area contributed by atoms with Crippen LogP contribution in [-0.2, 0) is 4.79 Å². The van der Waals surface area contributed by atoms with E-state index in [1.165, 1.54) is 25.9 Å². The average Bonchev–Trinajstić information content (AvgIpc) is 2.34. The van der Waals surface area contributed by atoms with Crippen LogP contribution in [0.3, 0.4) is 0 Å². The van der Waals surface area contributed by atoms with Gasteiger partial charge in [-0.25, -0.2) is 0 Å². The Morgan fingerprint density at radius 1 is 1.37 bits per heavy atom. The molecule has 0 unspecified atom stereocenters. The maximum atomic E-state index is 11.8. The zero-order valence-corrected chi connectivity index (χ0v) is 13.0. The first-order chi connectivity index (χ1) is 8.80. The molecule has 112 valence electrons. The zero-order valence-electron chi connectivity index (χ0n) is 13.0. The number of hydrogen-bond acceptors (Lipinski definition) is 3. The van der Waals surface area contributed by atoms with Crippen molar-refractivity contribution in [1.29, 1.82) is 0 Å². The minimum atomic E-state index is -0.427. The maximum absolute atomic E-state index is 11.8. The van der Waals surface area contributed by atoms with E-state index < -0.39 is 6.04 Å². The van der Waals surface area contributed by atoms with E-state index in [-0.39, 0.29) is 11.3 Å². The Balaban J connectivity index is 2.12. The van der Waals surface area contributed by atoms with Gasteiger partial charge in [0, 0.05) is 6.54 Å². The molecule has 1 saturated heterocycles. The molecule has 1 amide bonds. The van der Waals surface area contributed by atoms with Crippen LogP contribution in [-0.4, -0.2) is 43.0 Å². The Morgan fingerprint density at radius 3 is 2.47 bits per heavy atom. The number of nitrogens with two attached hydrogens (primary N) is 1. The molecule has 0 bridgehead atoms. The fourth-order valence-corrected chi connectivity index (χ4v) is 2.30. The number of nitrogens with one attached hydrogen (secondary N) is 1. The van der Waals surface area contributed by atoms with Crippen molar-refractivity contribution in [3.05, 3.63) is 0 Å². The van der Waals surface area contributed by atoms with Crippen LogP contribution in [0.25, 0.3) is 0 Å². The summed E-state index contributed by atoms with van der Waals surface area (Å²) in [6.45, 7) is 12.5. The topological polar surface area (TPSA) is 58.4 Å². The van der Waals surface area contributed by atoms with Crippen molar-refractivity contribution in [3.63, 3.8) is 0 Å². The largest absolute Gasteiger partial charge is 0.355 e. The Bertz CT molecular complexity index is 278. The molecule has 1 aliphatic heterocycles. The predicted octanol–water partition coefficient (Wildman–Crippen LogP) is 1.60. The van der Waals surface area contributed by atoms with Gasteiger partial charge in [0.2, 0.25) is 5.91 Å². The number of nitrogens with zero attached hydrogens (tertiary/aromatic N) is 1. The van der Waals surface area contributed by atoms with E-state index in [0.29, 0.717) is 0 Å². The molecule has 0 radical (unpaired) electrons. The van der Waals surface area contributed by atoms with Gasteiger partial charge >= 0.3 is 0 Å². The lowest BCUT2D eigenvalue weighted by Gasteiger charge is -2.30. The number of carbonyl (C=O) groups excluding carboxylic acids is 1. The number of amides is 1. The van der Waals surface area contributed by atoms with Crippen LogP contribution in [0.1, 0.15) is 47.0 Å². The normalized spacial score (nSPS) is 20.3. The van der Waals surface area contributed by atoms with Crippen molar-refractivity contribution in [2.24, 2.45) is 17.1 Å². The van der Waals surface area contributed by atoms with Gasteiger partial charge in [0.15, 0.2) is 0 Å². The quantitative estimate of drug-likeness (QED) is 0.745. The van der Waals surface area contributed by atoms with E-state index in [4.69, 9.17) is 5.73 Å². The van der Waals surface area contributed by atoms with Gasteiger partial charge in [-0.1, -0.05) is 27.7 Å². The minimum Gasteiger partial charge on any atom is -0.355 e. The molecule has 0 saturated carbocycles. The highest BCUT2D eigenvalue weighted by atomic mass is 16.2. The van der Waals surface area contributed by atoms with Crippen molar-refractivity contribution in [3.8, 4) is 0 Å². The molecular formula is C15H31N3O. The highest BCUT2D eigenvalue weighted by Gasteiger charge is 2.27. The summed E-state index contributed by atoms with van der Waals surface area (Å²) < 4.78 is 0. The first-order valence-electron chi connectivity index (χ1n) is 7.56. The van der Waals surface area contributed by atoms with E-state index in [1.807, 2.05) is 20.8 Å². The van der Waals surface area contributed by atoms with E-state index in [2.05, 4.69) is 17.1 Å². The van der Waals surface area contributed by atoms with E-state index in [0.717, 1.165) is 25.4 Å². The number of carbonyl (C=O) groups is 1. The highest BCUT2D eigenvalue weighted by molar-refractivity contribution is 5.82. The summed E-state index contributed by atoms with van der Waals surface area (Å²) in [6.07, 6.45) is 3.62. The van der Waals surface area contributed by atoms with Gasteiger partial charge in [-0.15, -0.1) is 0 Å². The number of piperidine rings is 1. The molecule has 0 spiro atoms. The van der Waals surface area contributed by atoms with Gasteiger partial charge in [0.25, 0.3) is 0 Å². The molecule has 4 nitrogen and oxygen atoms in total. The number of likely N-dealkylation sites (tertiary alicyclic amines) is 1. The Labute approximate surface area is 118 Å². The van der Waals surface area contributed by atoms with Gasteiger partial charge in [-0.3, -0.25) is 4.79 Å². The Kier molecular flexibility index (Phi) is 6.27. The van der Waals surface area contributed by atoms with Crippen LogP contribution >= 0.6 is 0 Å². The fraction of sp³-hybridized carbons (Fsp3) is 0.933. The van der Waals surface area contributed by atoms with Crippen LogP contribution in [0.15, 0.2) is 0 Å². The first kappa shape index (κ1) is 16.4. The third kappa shape index (κ3) is 5.91. The molecule has 0 aromatic heterocycles. The van der Waals surface area contributed by atoms with Crippen molar-refractivity contribution in [2.75, 3.05) is 26.2 Å². The second-order valence-corrected chi connectivity index (χ2v) is 7.01. The standard InChI is InChI=1S/C15H31N3O/c1-12-6-10-18(11-7-12)9-5-8-17-14(19)13(16)15(2,3)4/h12-13H,5-11,16H2,1-4H3,(H,17,19)/t13-/m1/s1. The summed E-state index contributed by atoms with van der Waals surface area (Å²) in [5.41, 5.74) is 5.74. The molecule has 3 N–H and O–H groups in total.